The highest BCUT2D eigenvalue weighted by Gasteiger charge is 2.34. The third-order valence-corrected chi connectivity index (χ3v) is 9.81. The summed E-state index contributed by atoms with van der Waals surface area (Å²) in [6, 6.07) is 30.6. The van der Waals surface area contributed by atoms with Gasteiger partial charge < -0.3 is 10.2 Å². The Morgan fingerprint density at radius 3 is 2.14 bits per heavy atom. The number of halogens is 2. The van der Waals surface area contributed by atoms with Crippen molar-refractivity contribution in [1.29, 1.82) is 0 Å². The molecule has 4 aromatic carbocycles. The summed E-state index contributed by atoms with van der Waals surface area (Å²) in [5.41, 5.74) is 1.94. The summed E-state index contributed by atoms with van der Waals surface area (Å²) in [7, 11) is -4.14. The minimum Gasteiger partial charge on any atom is -0.354 e. The predicted molar refractivity (Wildman–Crippen MR) is 184 cm³/mol. The SMILES string of the molecule is CCCCNC(=O)C(Cc1ccccc1)N(Cc1cccc(Cl)c1)C(=O)CN(c1ccc(I)cc1)S(=O)(=O)c1ccccc1. The lowest BCUT2D eigenvalue weighted by Gasteiger charge is -2.34. The molecule has 1 N–H and O–H groups in total. The van der Waals surface area contributed by atoms with E-state index in [1.807, 2.05) is 43.3 Å². The number of anilines is 1. The second-order valence-electron chi connectivity index (χ2n) is 10.3. The number of hydrogen-bond donors (Lipinski definition) is 1. The van der Waals surface area contributed by atoms with Gasteiger partial charge in [-0.25, -0.2) is 8.42 Å². The van der Waals surface area contributed by atoms with Crippen molar-refractivity contribution in [2.45, 2.75) is 43.7 Å². The maximum absolute atomic E-state index is 14.4. The lowest BCUT2D eigenvalue weighted by Crippen LogP contribution is -2.53. The molecule has 0 aliphatic rings. The molecule has 0 saturated carbocycles. The van der Waals surface area contributed by atoms with E-state index in [4.69, 9.17) is 11.6 Å². The van der Waals surface area contributed by atoms with Crippen LogP contribution in [0.25, 0.3) is 0 Å². The van der Waals surface area contributed by atoms with E-state index < -0.39 is 28.5 Å². The van der Waals surface area contributed by atoms with Gasteiger partial charge in [0.15, 0.2) is 0 Å². The van der Waals surface area contributed by atoms with Gasteiger partial charge in [0.1, 0.15) is 12.6 Å². The second-order valence-corrected chi connectivity index (χ2v) is 13.8. The summed E-state index contributed by atoms with van der Waals surface area (Å²) in [5.74, 6) is -0.820. The van der Waals surface area contributed by atoms with E-state index in [2.05, 4.69) is 27.9 Å². The van der Waals surface area contributed by atoms with E-state index in [0.29, 0.717) is 17.3 Å². The van der Waals surface area contributed by atoms with Crippen LogP contribution in [0.15, 0.2) is 114 Å². The van der Waals surface area contributed by atoms with Gasteiger partial charge in [-0.05, 0) is 88.7 Å². The largest absolute Gasteiger partial charge is 0.354 e. The maximum Gasteiger partial charge on any atom is 0.264 e. The molecule has 4 rings (SSSR count). The van der Waals surface area contributed by atoms with Gasteiger partial charge in [0.05, 0.1) is 10.6 Å². The van der Waals surface area contributed by atoms with Crippen molar-refractivity contribution in [3.8, 4) is 0 Å². The minimum absolute atomic E-state index is 0.0595. The van der Waals surface area contributed by atoms with Gasteiger partial charge >= 0.3 is 0 Å². The predicted octanol–water partition coefficient (Wildman–Crippen LogP) is 6.70. The number of nitrogens with one attached hydrogen (secondary N) is 1. The van der Waals surface area contributed by atoms with Gasteiger partial charge in [-0.3, -0.25) is 13.9 Å². The van der Waals surface area contributed by atoms with Gasteiger partial charge in [-0.2, -0.15) is 0 Å². The van der Waals surface area contributed by atoms with E-state index in [-0.39, 0.29) is 23.8 Å². The van der Waals surface area contributed by atoms with Crippen LogP contribution in [0.4, 0.5) is 5.69 Å². The van der Waals surface area contributed by atoms with E-state index in [1.54, 1.807) is 60.7 Å². The number of unbranched alkanes of at least 4 members (excludes halogenated alkanes) is 1. The molecule has 1 unspecified atom stereocenters. The van der Waals surface area contributed by atoms with Crippen LogP contribution in [-0.4, -0.2) is 44.3 Å². The topological polar surface area (TPSA) is 86.8 Å². The molecule has 0 bridgehead atoms. The molecule has 0 aliphatic heterocycles. The smallest absolute Gasteiger partial charge is 0.264 e. The van der Waals surface area contributed by atoms with Crippen LogP contribution in [-0.2, 0) is 32.6 Å². The normalized spacial score (nSPS) is 11.9. The molecule has 10 heteroatoms. The van der Waals surface area contributed by atoms with Gasteiger partial charge in [-0.1, -0.05) is 85.6 Å². The summed E-state index contributed by atoms with van der Waals surface area (Å²) in [6.07, 6.45) is 1.94. The number of carbonyl (C=O) groups excluding carboxylic acids is 2. The number of carbonyl (C=O) groups is 2. The Morgan fingerprint density at radius 1 is 0.864 bits per heavy atom. The first-order chi connectivity index (χ1) is 21.2. The number of rotatable bonds is 14. The molecule has 4 aromatic rings. The minimum atomic E-state index is -4.14. The molecule has 0 saturated heterocycles. The summed E-state index contributed by atoms with van der Waals surface area (Å²) in [5, 5.41) is 3.49. The molecule has 1 atom stereocenters. The fraction of sp³-hybridized carbons (Fsp3) is 0.235. The molecule has 7 nitrogen and oxygen atoms in total. The lowest BCUT2D eigenvalue weighted by atomic mass is 10.0. The van der Waals surface area contributed by atoms with Crippen molar-refractivity contribution < 1.29 is 18.0 Å². The molecule has 0 heterocycles. The number of nitrogens with zero attached hydrogens (tertiary/aromatic N) is 2. The van der Waals surface area contributed by atoms with Crippen molar-refractivity contribution >= 4 is 61.7 Å². The number of amides is 2. The Hall–Kier alpha value is -3.41. The number of benzene rings is 4. The first kappa shape index (κ1) is 33.5. The van der Waals surface area contributed by atoms with Crippen molar-refractivity contribution in [3.63, 3.8) is 0 Å². The van der Waals surface area contributed by atoms with Crippen LogP contribution >= 0.6 is 34.2 Å². The Kier molecular flexibility index (Phi) is 12.2. The summed E-state index contributed by atoms with van der Waals surface area (Å²) < 4.78 is 30.0. The first-order valence-corrected chi connectivity index (χ1v) is 17.3. The maximum atomic E-state index is 14.4. The Bertz CT molecular complexity index is 1640. The highest BCUT2D eigenvalue weighted by atomic mass is 127. The fourth-order valence-electron chi connectivity index (χ4n) is 4.75. The number of sulfonamides is 1. The van der Waals surface area contributed by atoms with Crippen LogP contribution in [0.5, 0.6) is 0 Å². The standard InChI is InChI=1S/C34H35ClIN3O4S/c1-2-3-21-37-34(41)32(23-26-11-6-4-7-12-26)38(24-27-13-10-14-28(35)22-27)33(40)25-39(30-19-17-29(36)18-20-30)44(42,43)31-15-8-5-9-16-31/h4-20,22,32H,2-3,21,23-25H2,1H3,(H,37,41). The molecule has 0 aromatic heterocycles. The van der Waals surface area contributed by atoms with Gasteiger partial charge in [0, 0.05) is 28.1 Å². The number of hydrogen-bond acceptors (Lipinski definition) is 4. The van der Waals surface area contributed by atoms with Crippen molar-refractivity contribution in [1.82, 2.24) is 10.2 Å². The quantitative estimate of drug-likeness (QED) is 0.115. The molecular weight excluding hydrogens is 709 g/mol. The summed E-state index contributed by atoms with van der Waals surface area (Å²) in [4.78, 5) is 29.7. The molecule has 230 valence electrons. The van der Waals surface area contributed by atoms with Crippen molar-refractivity contribution in [2.24, 2.45) is 0 Å². The summed E-state index contributed by atoms with van der Waals surface area (Å²) in [6.45, 7) is 2.06. The van der Waals surface area contributed by atoms with Gasteiger partial charge in [-0.15, -0.1) is 0 Å². The van der Waals surface area contributed by atoms with E-state index in [0.717, 1.165) is 31.8 Å². The molecule has 44 heavy (non-hydrogen) atoms. The second kappa shape index (κ2) is 16.1. The highest BCUT2D eigenvalue weighted by Crippen LogP contribution is 2.26. The highest BCUT2D eigenvalue weighted by molar-refractivity contribution is 14.1. The molecule has 0 fully saturated rings. The third kappa shape index (κ3) is 9.06. The van der Waals surface area contributed by atoms with Crippen LogP contribution < -0.4 is 9.62 Å². The Labute approximate surface area is 278 Å². The van der Waals surface area contributed by atoms with Crippen LogP contribution in [0.2, 0.25) is 5.02 Å². The zero-order valence-corrected chi connectivity index (χ0v) is 28.1. The molecule has 0 aliphatic carbocycles. The average molecular weight is 744 g/mol. The Balaban J connectivity index is 1.78. The van der Waals surface area contributed by atoms with Crippen LogP contribution in [0, 0.1) is 3.57 Å². The molecule has 0 radical (unpaired) electrons. The van der Waals surface area contributed by atoms with Crippen molar-refractivity contribution in [3.05, 3.63) is 129 Å². The average Bonchev–Trinajstić information content (AvgIpc) is 3.03. The molecule has 2 amide bonds. The first-order valence-electron chi connectivity index (χ1n) is 14.4. The zero-order valence-electron chi connectivity index (χ0n) is 24.4. The van der Waals surface area contributed by atoms with Gasteiger partial charge in [0.25, 0.3) is 10.0 Å². The van der Waals surface area contributed by atoms with E-state index >= 15 is 0 Å². The lowest BCUT2D eigenvalue weighted by molar-refractivity contribution is -0.140. The van der Waals surface area contributed by atoms with Crippen molar-refractivity contribution in [2.75, 3.05) is 17.4 Å². The fourth-order valence-corrected chi connectivity index (χ4v) is 6.76. The third-order valence-electron chi connectivity index (χ3n) is 7.07. The monoisotopic (exact) mass is 743 g/mol. The van der Waals surface area contributed by atoms with Gasteiger partial charge in [0.2, 0.25) is 11.8 Å². The zero-order chi connectivity index (χ0) is 31.5. The van der Waals surface area contributed by atoms with Crippen LogP contribution in [0.3, 0.4) is 0 Å². The Morgan fingerprint density at radius 2 is 1.50 bits per heavy atom. The van der Waals surface area contributed by atoms with E-state index in [9.17, 15) is 18.0 Å². The molecule has 0 spiro atoms. The van der Waals surface area contributed by atoms with Crippen LogP contribution in [0.1, 0.15) is 30.9 Å². The van der Waals surface area contributed by atoms with E-state index in [1.165, 1.54) is 17.0 Å². The summed E-state index contributed by atoms with van der Waals surface area (Å²) >= 11 is 8.44. The molecular formula is C34H35ClIN3O4S.